The van der Waals surface area contributed by atoms with Crippen LogP contribution in [0.5, 0.6) is 0 Å². The molecule has 2 saturated heterocycles. The third-order valence-electron chi connectivity index (χ3n) is 4.74. The summed E-state index contributed by atoms with van der Waals surface area (Å²) in [5.74, 6) is 0. The molecule has 2 fully saturated rings. The molecule has 2 aliphatic rings. The smallest absolute Gasteiger partial charge is 0.427 e. The predicted molar refractivity (Wildman–Crippen MR) is 203 cm³/mol. The van der Waals surface area contributed by atoms with Gasteiger partial charge in [-0.05, 0) is 82.7 Å². The Hall–Kier alpha value is 0.720. The summed E-state index contributed by atoms with van der Waals surface area (Å²) in [6.45, 7) is 38.8. The van der Waals surface area contributed by atoms with Crippen LogP contribution in [0, 0.1) is 0 Å². The minimum Gasteiger partial charge on any atom is -0.427 e. The zero-order chi connectivity index (χ0) is 31.1. The summed E-state index contributed by atoms with van der Waals surface area (Å²) in [6.07, 6.45) is 0. The van der Waals surface area contributed by atoms with Crippen LogP contribution in [-0.2, 0) is 18.6 Å². The van der Waals surface area contributed by atoms with Crippen LogP contribution in [-0.4, -0.2) is 71.0 Å². The summed E-state index contributed by atoms with van der Waals surface area (Å²) < 4.78 is 22.2. The van der Waals surface area contributed by atoms with Crippen LogP contribution in [0.1, 0.15) is 133 Å². The highest BCUT2D eigenvalue weighted by atomic mass is 32.1. The van der Waals surface area contributed by atoms with Crippen molar-refractivity contribution in [2.75, 3.05) is 0 Å². The highest BCUT2D eigenvalue weighted by Gasteiger charge is 2.49. The molecule has 8 nitrogen and oxygen atoms in total. The van der Waals surface area contributed by atoms with Gasteiger partial charge in [0.05, 0.1) is 22.4 Å². The first-order chi connectivity index (χ1) is 16.2. The molecule has 0 bridgehead atoms. The highest BCUT2D eigenvalue weighted by molar-refractivity contribution is 7.59. The van der Waals surface area contributed by atoms with Crippen LogP contribution in [0.2, 0.25) is 27.3 Å². The van der Waals surface area contributed by atoms with E-state index in [0.29, 0.717) is 0 Å². The van der Waals surface area contributed by atoms with Gasteiger partial charge in [0.1, 0.15) is 0 Å². The third-order valence-corrected chi connectivity index (χ3v) is 4.74. The molecule has 0 saturated carbocycles. The van der Waals surface area contributed by atoms with Gasteiger partial charge in [0.15, 0.2) is 0 Å². The lowest BCUT2D eigenvalue weighted by molar-refractivity contribution is 0.00578. The van der Waals surface area contributed by atoms with Crippen molar-refractivity contribution in [3.8, 4) is 0 Å². The first-order valence-electron chi connectivity index (χ1n) is 13.6. The van der Waals surface area contributed by atoms with E-state index in [1.165, 1.54) is 13.6 Å². The molecule has 0 spiro atoms. The SMILES string of the molecule is C.C.C.CB(O)O.CB(O)O.CB1OC(C)(C)C(C)(C)O1.CB1OC(C)(C)C(C)(C)O1.CC.CC.CC.CC.P.S. The summed E-state index contributed by atoms with van der Waals surface area (Å²) in [6, 6.07) is 0. The van der Waals surface area contributed by atoms with Crippen LogP contribution in [0.4, 0.5) is 0 Å². The van der Waals surface area contributed by atoms with Crippen molar-refractivity contribution >= 4 is 51.9 Å². The standard InChI is InChI=1S/2C7H15BO2.4C2H6.2CH5BO2.3CH4.H3P.H2S/c2*1-6(2)7(3,4)10-8(5)9-6;4*1-2;2*1-2(3)4;;;;;/h2*1-5H3;4*1-2H3;2*3-4H,1H3;3*1H4;1H3;1H2. The Morgan fingerprint density at radius 3 is 0.537 bits per heavy atom. The van der Waals surface area contributed by atoms with E-state index in [1.54, 1.807) is 0 Å². The highest BCUT2D eigenvalue weighted by Crippen LogP contribution is 2.37. The van der Waals surface area contributed by atoms with Gasteiger partial charge in [0, 0.05) is 0 Å². The van der Waals surface area contributed by atoms with Gasteiger partial charge in [-0.15, -0.1) is 0 Å². The van der Waals surface area contributed by atoms with Crippen molar-refractivity contribution in [1.82, 2.24) is 0 Å². The Balaban J connectivity index is -0.0000000303. The van der Waals surface area contributed by atoms with E-state index in [4.69, 9.17) is 38.7 Å². The van der Waals surface area contributed by atoms with Crippen molar-refractivity contribution in [3.05, 3.63) is 0 Å². The van der Waals surface area contributed by atoms with E-state index in [1.807, 2.05) is 69.0 Å². The zero-order valence-corrected chi connectivity index (χ0v) is 31.4. The molecule has 0 aromatic rings. The summed E-state index contributed by atoms with van der Waals surface area (Å²) in [7, 11) is -2.46. The van der Waals surface area contributed by atoms with Gasteiger partial charge in [0.2, 0.25) is 0 Å². The number of hydrogen-bond acceptors (Lipinski definition) is 8. The van der Waals surface area contributed by atoms with E-state index in [2.05, 4.69) is 55.4 Å². The zero-order valence-electron chi connectivity index (χ0n) is 28.9. The topological polar surface area (TPSA) is 118 Å². The molecule has 260 valence electrons. The van der Waals surface area contributed by atoms with Gasteiger partial charge >= 0.3 is 28.5 Å². The van der Waals surface area contributed by atoms with Crippen LogP contribution >= 0.6 is 23.4 Å². The molecule has 2 aliphatic heterocycles. The third kappa shape index (κ3) is 40.7. The average molecular weight is 640 g/mol. The molecule has 2 rings (SSSR count). The largest absolute Gasteiger partial charge is 0.454 e. The maximum atomic E-state index is 7.61. The molecule has 0 radical (unpaired) electrons. The molecule has 1 atom stereocenters. The molecular weight excluding hydrogens is 559 g/mol. The van der Waals surface area contributed by atoms with Crippen molar-refractivity contribution in [2.45, 2.75) is 183 Å². The minimum absolute atomic E-state index is 0. The lowest BCUT2D eigenvalue weighted by Gasteiger charge is -2.32. The van der Waals surface area contributed by atoms with Crippen molar-refractivity contribution in [2.24, 2.45) is 0 Å². The molecule has 14 heteroatoms. The normalized spacial score (nSPS) is 16.1. The predicted octanol–water partition coefficient (Wildman–Crippen LogP) is 7.78. The summed E-state index contributed by atoms with van der Waals surface area (Å²) in [4.78, 5) is 0. The quantitative estimate of drug-likeness (QED) is 0.157. The molecule has 2 heterocycles. The minimum atomic E-state index is -1.17. The fourth-order valence-corrected chi connectivity index (χ4v) is 2.28. The molecule has 1 unspecified atom stereocenters. The van der Waals surface area contributed by atoms with Gasteiger partial charge in [-0.1, -0.05) is 77.7 Å². The van der Waals surface area contributed by atoms with Gasteiger partial charge in [-0.25, -0.2) is 0 Å². The lowest BCUT2D eigenvalue weighted by Crippen LogP contribution is -2.41. The second-order valence-electron chi connectivity index (χ2n) is 8.91. The fourth-order valence-electron chi connectivity index (χ4n) is 2.28. The van der Waals surface area contributed by atoms with Crippen molar-refractivity contribution in [1.29, 1.82) is 0 Å². The Kier molecular flexibility index (Phi) is 69.3. The van der Waals surface area contributed by atoms with E-state index < -0.39 is 14.2 Å². The second-order valence-corrected chi connectivity index (χ2v) is 8.91. The molecule has 0 aromatic heterocycles. The van der Waals surface area contributed by atoms with E-state index in [9.17, 15) is 0 Å². The van der Waals surface area contributed by atoms with E-state index in [0.717, 1.165) is 0 Å². The Morgan fingerprint density at radius 2 is 0.512 bits per heavy atom. The maximum Gasteiger partial charge on any atom is 0.454 e. The van der Waals surface area contributed by atoms with Crippen LogP contribution < -0.4 is 0 Å². The summed E-state index contributed by atoms with van der Waals surface area (Å²) in [5, 5.41) is 30.4. The molecule has 0 aromatic carbocycles. The summed E-state index contributed by atoms with van der Waals surface area (Å²) in [5.41, 5.74) is -0.641. The van der Waals surface area contributed by atoms with E-state index >= 15 is 0 Å². The van der Waals surface area contributed by atoms with Crippen LogP contribution in [0.3, 0.4) is 0 Å². The Labute approximate surface area is 272 Å². The van der Waals surface area contributed by atoms with Crippen molar-refractivity contribution in [3.63, 3.8) is 0 Å². The second kappa shape index (κ2) is 38.7. The molecule has 4 N–H and O–H groups in total. The monoisotopic (exact) mass is 641 g/mol. The van der Waals surface area contributed by atoms with Gasteiger partial charge < -0.3 is 38.7 Å². The van der Waals surface area contributed by atoms with Crippen molar-refractivity contribution < 1.29 is 38.7 Å². The Morgan fingerprint density at radius 1 is 0.439 bits per heavy atom. The van der Waals surface area contributed by atoms with Crippen LogP contribution in [0.15, 0.2) is 0 Å². The van der Waals surface area contributed by atoms with E-state index in [-0.39, 0.29) is 82.3 Å². The maximum absolute atomic E-state index is 7.61. The molecule has 0 amide bonds. The lowest BCUT2D eigenvalue weighted by atomic mass is 9.90. The average Bonchev–Trinajstić information content (AvgIpc) is 3.03. The Bertz CT molecular complexity index is 388. The first kappa shape index (κ1) is 73.3. The molecule has 41 heavy (non-hydrogen) atoms. The summed E-state index contributed by atoms with van der Waals surface area (Å²) >= 11 is 0. The van der Waals surface area contributed by atoms with Gasteiger partial charge in [0.25, 0.3) is 0 Å². The first-order valence-corrected chi connectivity index (χ1v) is 13.6. The fraction of sp³-hybridized carbons (Fsp3) is 1.00. The van der Waals surface area contributed by atoms with Gasteiger partial charge in [-0.3, -0.25) is 0 Å². The molecular formula is C27H81B4O8PS. The number of rotatable bonds is 0. The van der Waals surface area contributed by atoms with Gasteiger partial charge in [-0.2, -0.15) is 23.4 Å². The number of hydrogen-bond donors (Lipinski definition) is 4. The molecule has 0 aliphatic carbocycles. The van der Waals surface area contributed by atoms with Crippen LogP contribution in [0.25, 0.3) is 0 Å².